The van der Waals surface area contributed by atoms with Crippen molar-refractivity contribution in [3.05, 3.63) is 231 Å². The third-order valence-corrected chi connectivity index (χ3v) is 17.5. The maximum atomic E-state index is 6.49. The summed E-state index contributed by atoms with van der Waals surface area (Å²) in [7, 11) is -2.29. The molecule has 11 aromatic carbocycles. The van der Waals surface area contributed by atoms with Gasteiger partial charge in [0.2, 0.25) is 0 Å². The van der Waals surface area contributed by atoms with E-state index in [4.69, 9.17) is 4.42 Å². The van der Waals surface area contributed by atoms with Crippen molar-refractivity contribution in [3.63, 3.8) is 0 Å². The van der Waals surface area contributed by atoms with E-state index in [9.17, 15) is 0 Å². The molecule has 312 valence electrons. The second-order valence-electron chi connectivity index (χ2n) is 18.0. The minimum atomic E-state index is -2.29. The lowest BCUT2D eigenvalue weighted by Gasteiger charge is -2.36. The van der Waals surface area contributed by atoms with Crippen molar-refractivity contribution in [1.29, 1.82) is 0 Å². The van der Waals surface area contributed by atoms with Gasteiger partial charge in [-0.05, 0) is 127 Å². The first-order valence-electron chi connectivity index (χ1n) is 22.8. The SMILES string of the molecule is C[Si]1(C)c2cc(N(c3ccccc3)c3ccccc3-c3ccccc3)ccc2-c2cc3c4ccccc4c(N(c4ccccc4)c4ccc5c(c4)oc4ccccc45)cc3c3cccc1c23. The van der Waals surface area contributed by atoms with Crippen LogP contribution in [0, 0.1) is 0 Å². The van der Waals surface area contributed by atoms with Gasteiger partial charge in [0, 0.05) is 50.5 Å². The van der Waals surface area contributed by atoms with E-state index in [2.05, 4.69) is 247 Å². The summed E-state index contributed by atoms with van der Waals surface area (Å²) in [5, 5.41) is 12.8. The molecule has 1 aliphatic heterocycles. The maximum absolute atomic E-state index is 6.49. The number of furan rings is 1. The lowest BCUT2D eigenvalue weighted by molar-refractivity contribution is 0.669. The molecule has 0 N–H and O–H groups in total. The molecule has 1 aromatic heterocycles. The van der Waals surface area contributed by atoms with Crippen molar-refractivity contribution in [2.45, 2.75) is 13.1 Å². The van der Waals surface area contributed by atoms with Crippen LogP contribution in [0.5, 0.6) is 0 Å². The van der Waals surface area contributed by atoms with Gasteiger partial charge in [0.25, 0.3) is 0 Å². The van der Waals surface area contributed by atoms with Crippen LogP contribution in [0.25, 0.3) is 76.5 Å². The molecule has 66 heavy (non-hydrogen) atoms. The molecular formula is C62H44N2OSi. The zero-order valence-corrected chi connectivity index (χ0v) is 37.7. The number of nitrogens with zero attached hydrogens (tertiary/aromatic N) is 2. The van der Waals surface area contributed by atoms with Crippen LogP contribution in [0.15, 0.2) is 235 Å². The van der Waals surface area contributed by atoms with Crippen molar-refractivity contribution in [2.75, 3.05) is 9.80 Å². The summed E-state index contributed by atoms with van der Waals surface area (Å²) in [6, 6.07) is 84.4. The van der Waals surface area contributed by atoms with Crippen LogP contribution >= 0.6 is 0 Å². The van der Waals surface area contributed by atoms with Crippen LogP contribution < -0.4 is 20.2 Å². The highest BCUT2D eigenvalue weighted by Gasteiger charge is 2.37. The highest BCUT2D eigenvalue weighted by atomic mass is 28.3. The van der Waals surface area contributed by atoms with Gasteiger partial charge in [0.1, 0.15) is 19.2 Å². The van der Waals surface area contributed by atoms with E-state index in [0.29, 0.717) is 0 Å². The van der Waals surface area contributed by atoms with Gasteiger partial charge in [-0.15, -0.1) is 0 Å². The minimum Gasteiger partial charge on any atom is -0.456 e. The molecule has 0 radical (unpaired) electrons. The largest absolute Gasteiger partial charge is 0.456 e. The molecule has 13 rings (SSSR count). The van der Waals surface area contributed by atoms with Crippen LogP contribution in [-0.4, -0.2) is 8.07 Å². The van der Waals surface area contributed by atoms with Crippen molar-refractivity contribution in [3.8, 4) is 22.3 Å². The Morgan fingerprint density at radius 1 is 0.318 bits per heavy atom. The van der Waals surface area contributed by atoms with E-state index in [-0.39, 0.29) is 0 Å². The van der Waals surface area contributed by atoms with Gasteiger partial charge in [-0.3, -0.25) is 0 Å². The standard InChI is InChI=1S/C62H44N2OSi/c1-66(2)60-32-18-29-52-54-40-57(64(43-23-10-5-11-24-43)44-33-35-50-49-28-15-17-31-58(49)65-59(50)37-44)48-27-13-12-26-47(48)53(54)39-55(62(52)60)51-36-34-45(38-61(51)66)63(42-21-8-4-9-22-42)56-30-16-14-25-46(56)41-19-6-3-7-20-41/h3-40H,1-2H3. The summed E-state index contributed by atoms with van der Waals surface area (Å²) in [4.78, 5) is 4.86. The molecule has 0 spiro atoms. The highest BCUT2D eigenvalue weighted by molar-refractivity contribution is 7.03. The van der Waals surface area contributed by atoms with Crippen LogP contribution in [-0.2, 0) is 0 Å². The van der Waals surface area contributed by atoms with Crippen molar-refractivity contribution in [2.24, 2.45) is 0 Å². The Balaban J connectivity index is 1.03. The Labute approximate surface area is 385 Å². The van der Waals surface area contributed by atoms with E-state index in [1.807, 2.05) is 6.07 Å². The lowest BCUT2D eigenvalue weighted by atomic mass is 9.89. The number of hydrogen-bond acceptors (Lipinski definition) is 3. The molecule has 0 saturated carbocycles. The molecule has 0 unspecified atom stereocenters. The van der Waals surface area contributed by atoms with Crippen LogP contribution in [0.2, 0.25) is 13.1 Å². The number of fused-ring (bicyclic) bond motifs is 9. The lowest BCUT2D eigenvalue weighted by Crippen LogP contribution is -2.56. The van der Waals surface area contributed by atoms with Gasteiger partial charge in [-0.25, -0.2) is 0 Å². The smallest absolute Gasteiger partial charge is 0.137 e. The zero-order valence-electron chi connectivity index (χ0n) is 36.7. The summed E-state index contributed by atoms with van der Waals surface area (Å²) >= 11 is 0. The Hall–Kier alpha value is -8.18. The second-order valence-corrected chi connectivity index (χ2v) is 22.4. The number of benzene rings is 11. The molecule has 0 amide bonds. The second kappa shape index (κ2) is 14.9. The van der Waals surface area contributed by atoms with Crippen molar-refractivity contribution >= 4 is 107 Å². The molecule has 0 bridgehead atoms. The van der Waals surface area contributed by atoms with Crippen LogP contribution in [0.3, 0.4) is 0 Å². The molecule has 2 heterocycles. The average molecular weight is 861 g/mol. The third-order valence-electron chi connectivity index (χ3n) is 14.0. The summed E-state index contributed by atoms with van der Waals surface area (Å²) in [6.45, 7) is 5.08. The van der Waals surface area contributed by atoms with E-state index < -0.39 is 8.07 Å². The van der Waals surface area contributed by atoms with E-state index in [0.717, 1.165) is 56.1 Å². The predicted molar refractivity (Wildman–Crippen MR) is 283 cm³/mol. The number of hydrogen-bond donors (Lipinski definition) is 0. The quantitative estimate of drug-likeness (QED) is 0.118. The zero-order chi connectivity index (χ0) is 43.9. The Bertz CT molecular complexity index is 3860. The normalized spacial score (nSPS) is 12.8. The van der Waals surface area contributed by atoms with E-state index >= 15 is 0 Å². The molecule has 0 fully saturated rings. The monoisotopic (exact) mass is 860 g/mol. The van der Waals surface area contributed by atoms with Crippen molar-refractivity contribution in [1.82, 2.24) is 0 Å². The van der Waals surface area contributed by atoms with Gasteiger partial charge < -0.3 is 14.2 Å². The first-order valence-corrected chi connectivity index (χ1v) is 25.8. The van der Waals surface area contributed by atoms with Gasteiger partial charge in [-0.1, -0.05) is 165 Å². The fourth-order valence-electron chi connectivity index (χ4n) is 10.9. The molecule has 4 heteroatoms. The van der Waals surface area contributed by atoms with E-state index in [1.165, 1.54) is 64.9 Å². The predicted octanol–water partition coefficient (Wildman–Crippen LogP) is 16.5. The van der Waals surface area contributed by atoms with Crippen molar-refractivity contribution < 1.29 is 4.42 Å². The molecule has 0 aliphatic carbocycles. The molecule has 3 nitrogen and oxygen atoms in total. The minimum absolute atomic E-state index is 0.878. The molecule has 0 saturated heterocycles. The first-order chi connectivity index (χ1) is 32.5. The van der Waals surface area contributed by atoms with Crippen LogP contribution in [0.4, 0.5) is 34.1 Å². The molecular weight excluding hydrogens is 817 g/mol. The van der Waals surface area contributed by atoms with Gasteiger partial charge in [0.15, 0.2) is 0 Å². The Morgan fingerprint density at radius 2 is 0.894 bits per heavy atom. The summed E-state index contributed by atoms with van der Waals surface area (Å²) in [5.41, 5.74) is 13.6. The Kier molecular flexibility index (Phi) is 8.67. The third kappa shape index (κ3) is 5.89. The maximum Gasteiger partial charge on any atom is 0.137 e. The number of anilines is 6. The average Bonchev–Trinajstić information content (AvgIpc) is 3.75. The number of rotatable bonds is 7. The summed E-state index contributed by atoms with van der Waals surface area (Å²) in [6.07, 6.45) is 0. The fourth-order valence-corrected chi connectivity index (χ4v) is 14.0. The Morgan fingerprint density at radius 3 is 1.67 bits per heavy atom. The van der Waals surface area contributed by atoms with Gasteiger partial charge in [0.05, 0.1) is 11.4 Å². The summed E-state index contributed by atoms with van der Waals surface area (Å²) in [5.74, 6) is 0. The van der Waals surface area contributed by atoms with Crippen LogP contribution in [0.1, 0.15) is 0 Å². The fraction of sp³-hybridized carbons (Fsp3) is 0.0323. The van der Waals surface area contributed by atoms with E-state index in [1.54, 1.807) is 0 Å². The molecule has 1 aliphatic rings. The highest BCUT2D eigenvalue weighted by Crippen LogP contribution is 2.48. The molecule has 12 aromatic rings. The molecule has 0 atom stereocenters. The van der Waals surface area contributed by atoms with Gasteiger partial charge >= 0.3 is 0 Å². The topological polar surface area (TPSA) is 19.6 Å². The summed E-state index contributed by atoms with van der Waals surface area (Å²) < 4.78 is 6.49. The van der Waals surface area contributed by atoms with Gasteiger partial charge in [-0.2, -0.15) is 0 Å². The number of para-hydroxylation sites is 4. The first kappa shape index (κ1) is 38.3.